The molecule has 0 aliphatic heterocycles. The summed E-state index contributed by atoms with van der Waals surface area (Å²) in [5.41, 5.74) is 13.5. The summed E-state index contributed by atoms with van der Waals surface area (Å²) in [6, 6.07) is 65.4. The molecule has 0 fully saturated rings. The minimum absolute atomic E-state index is 0.908. The molecule has 0 radical (unpaired) electrons. The van der Waals surface area contributed by atoms with Gasteiger partial charge in [-0.1, -0.05) is 115 Å². The summed E-state index contributed by atoms with van der Waals surface area (Å²) in [5.74, 6) is 0. The Bertz CT molecular complexity index is 3050. The van der Waals surface area contributed by atoms with Crippen molar-refractivity contribution in [1.29, 1.82) is 0 Å². The number of nitrogens with zero attached hydrogens (tertiary/aromatic N) is 2. The SMILES string of the molecule is c1ccc(-c2cc(-c3ccccc3)cc(-n3c4ccccc4c4c3ccc3c5c6oc7ccccc7c6ccc5n(-c5ccccc5)c34)c2)cc1. The lowest BCUT2D eigenvalue weighted by atomic mass is 9.98. The fourth-order valence-electron chi connectivity index (χ4n) is 8.28. The van der Waals surface area contributed by atoms with Crippen LogP contribution in [0.4, 0.5) is 0 Å². The maximum Gasteiger partial charge on any atom is 0.145 e. The molecule has 0 aliphatic rings. The molecule has 0 amide bonds. The van der Waals surface area contributed by atoms with Crippen LogP contribution in [-0.4, -0.2) is 9.13 Å². The summed E-state index contributed by atoms with van der Waals surface area (Å²) in [6.07, 6.45) is 0. The second-order valence-electron chi connectivity index (χ2n) is 13.3. The second kappa shape index (κ2) is 10.8. The van der Waals surface area contributed by atoms with Gasteiger partial charge in [-0.15, -0.1) is 0 Å². The molecule has 0 saturated heterocycles. The first-order valence-electron chi connectivity index (χ1n) is 17.4. The number of hydrogen-bond donors (Lipinski definition) is 0. The molecule has 3 aromatic heterocycles. The van der Waals surface area contributed by atoms with Gasteiger partial charge in [-0.05, 0) is 89.0 Å². The highest BCUT2D eigenvalue weighted by atomic mass is 16.3. The monoisotopic (exact) mass is 650 g/mol. The summed E-state index contributed by atoms with van der Waals surface area (Å²) in [7, 11) is 0. The number of fused-ring (bicyclic) bond motifs is 11. The zero-order valence-corrected chi connectivity index (χ0v) is 27.6. The number of para-hydroxylation sites is 3. The van der Waals surface area contributed by atoms with Gasteiger partial charge in [0, 0.05) is 38.3 Å². The van der Waals surface area contributed by atoms with Crippen molar-refractivity contribution in [1.82, 2.24) is 9.13 Å². The Morgan fingerprint density at radius 3 is 1.61 bits per heavy atom. The van der Waals surface area contributed by atoms with Crippen molar-refractivity contribution in [2.75, 3.05) is 0 Å². The zero-order valence-electron chi connectivity index (χ0n) is 27.6. The normalized spacial score (nSPS) is 11.9. The van der Waals surface area contributed by atoms with E-state index < -0.39 is 0 Å². The van der Waals surface area contributed by atoms with E-state index in [4.69, 9.17) is 4.42 Å². The Balaban J connectivity index is 1.30. The van der Waals surface area contributed by atoms with Crippen LogP contribution in [0, 0.1) is 0 Å². The summed E-state index contributed by atoms with van der Waals surface area (Å²) in [6.45, 7) is 0. The first-order valence-corrected chi connectivity index (χ1v) is 17.4. The van der Waals surface area contributed by atoms with Crippen molar-refractivity contribution in [2.24, 2.45) is 0 Å². The molecular weight excluding hydrogens is 621 g/mol. The third-order valence-corrected chi connectivity index (χ3v) is 10.5. The molecule has 0 spiro atoms. The quantitative estimate of drug-likeness (QED) is 0.186. The van der Waals surface area contributed by atoms with Crippen LogP contribution in [0.15, 0.2) is 186 Å². The van der Waals surface area contributed by atoms with Crippen LogP contribution in [0.5, 0.6) is 0 Å². The largest absolute Gasteiger partial charge is 0.455 e. The highest BCUT2D eigenvalue weighted by molar-refractivity contribution is 6.31. The lowest BCUT2D eigenvalue weighted by Gasteiger charge is -2.14. The predicted octanol–water partition coefficient (Wildman–Crippen LogP) is 13.1. The van der Waals surface area contributed by atoms with E-state index in [2.05, 4.69) is 185 Å². The van der Waals surface area contributed by atoms with Gasteiger partial charge in [-0.2, -0.15) is 0 Å². The Hall–Kier alpha value is -6.84. The van der Waals surface area contributed by atoms with Gasteiger partial charge in [0.05, 0.1) is 27.5 Å². The first-order chi connectivity index (χ1) is 25.3. The lowest BCUT2D eigenvalue weighted by molar-refractivity contribution is 0.673. The van der Waals surface area contributed by atoms with Gasteiger partial charge < -0.3 is 13.6 Å². The number of furan rings is 1. The minimum Gasteiger partial charge on any atom is -0.455 e. The molecule has 3 heteroatoms. The molecule has 238 valence electrons. The van der Waals surface area contributed by atoms with Gasteiger partial charge in [-0.3, -0.25) is 0 Å². The third-order valence-electron chi connectivity index (χ3n) is 10.5. The third kappa shape index (κ3) is 4.12. The van der Waals surface area contributed by atoms with E-state index in [-0.39, 0.29) is 0 Å². The maximum atomic E-state index is 6.69. The van der Waals surface area contributed by atoms with Gasteiger partial charge >= 0.3 is 0 Å². The Kier molecular flexibility index (Phi) is 5.96. The van der Waals surface area contributed by atoms with E-state index in [0.717, 1.165) is 49.7 Å². The average molecular weight is 651 g/mol. The van der Waals surface area contributed by atoms with Crippen LogP contribution in [0.25, 0.3) is 99.2 Å². The maximum absolute atomic E-state index is 6.69. The molecule has 11 rings (SSSR count). The standard InChI is InChI=1S/C48H30N2O/c1-4-14-31(15-5-1)33-28-34(32-16-6-2-7-17-32)30-36(29-33)49-41-22-12-10-21-39(41)45-42(49)27-25-40-46-43(50(47(40)45)35-18-8-3-9-19-35)26-24-38-37-20-11-13-23-44(37)51-48(38)46/h1-30H. The van der Waals surface area contributed by atoms with E-state index in [0.29, 0.717) is 0 Å². The van der Waals surface area contributed by atoms with E-state index in [9.17, 15) is 0 Å². The topological polar surface area (TPSA) is 23.0 Å². The molecule has 3 heterocycles. The van der Waals surface area contributed by atoms with Crippen molar-refractivity contribution in [3.63, 3.8) is 0 Å². The van der Waals surface area contributed by atoms with Crippen molar-refractivity contribution < 1.29 is 4.42 Å². The van der Waals surface area contributed by atoms with Gasteiger partial charge in [0.15, 0.2) is 0 Å². The minimum atomic E-state index is 0.908. The number of hydrogen-bond acceptors (Lipinski definition) is 1. The number of benzene rings is 8. The summed E-state index contributed by atoms with van der Waals surface area (Å²) >= 11 is 0. The number of rotatable bonds is 4. The molecule has 8 aromatic carbocycles. The fourth-order valence-corrected chi connectivity index (χ4v) is 8.28. The van der Waals surface area contributed by atoms with Crippen LogP contribution in [0.3, 0.4) is 0 Å². The van der Waals surface area contributed by atoms with Crippen molar-refractivity contribution >= 4 is 65.6 Å². The molecule has 51 heavy (non-hydrogen) atoms. The van der Waals surface area contributed by atoms with Crippen molar-refractivity contribution in [2.45, 2.75) is 0 Å². The Morgan fingerprint density at radius 1 is 0.333 bits per heavy atom. The van der Waals surface area contributed by atoms with Gasteiger partial charge in [0.1, 0.15) is 11.2 Å². The predicted molar refractivity (Wildman–Crippen MR) is 213 cm³/mol. The first kappa shape index (κ1) is 28.0. The fraction of sp³-hybridized carbons (Fsp3) is 0. The van der Waals surface area contributed by atoms with Crippen LogP contribution in [0.1, 0.15) is 0 Å². The van der Waals surface area contributed by atoms with E-state index in [1.807, 2.05) is 6.07 Å². The van der Waals surface area contributed by atoms with Crippen molar-refractivity contribution in [3.8, 4) is 33.6 Å². The molecular formula is C48H30N2O. The van der Waals surface area contributed by atoms with E-state index >= 15 is 0 Å². The van der Waals surface area contributed by atoms with Crippen LogP contribution in [-0.2, 0) is 0 Å². The second-order valence-corrected chi connectivity index (χ2v) is 13.3. The smallest absolute Gasteiger partial charge is 0.145 e. The number of aromatic nitrogens is 2. The zero-order chi connectivity index (χ0) is 33.5. The van der Waals surface area contributed by atoms with Crippen LogP contribution >= 0.6 is 0 Å². The van der Waals surface area contributed by atoms with Crippen LogP contribution in [0.2, 0.25) is 0 Å². The summed E-state index contributed by atoms with van der Waals surface area (Å²) in [4.78, 5) is 0. The van der Waals surface area contributed by atoms with Gasteiger partial charge in [0.2, 0.25) is 0 Å². The summed E-state index contributed by atoms with van der Waals surface area (Å²) in [5, 5.41) is 7.03. The van der Waals surface area contributed by atoms with Crippen LogP contribution < -0.4 is 0 Å². The van der Waals surface area contributed by atoms with E-state index in [1.165, 1.54) is 49.4 Å². The van der Waals surface area contributed by atoms with Crippen molar-refractivity contribution in [3.05, 3.63) is 182 Å². The Morgan fingerprint density at radius 2 is 0.902 bits per heavy atom. The average Bonchev–Trinajstić information content (AvgIpc) is 3.86. The van der Waals surface area contributed by atoms with E-state index in [1.54, 1.807) is 0 Å². The molecule has 3 nitrogen and oxygen atoms in total. The van der Waals surface area contributed by atoms with Gasteiger partial charge in [0.25, 0.3) is 0 Å². The summed E-state index contributed by atoms with van der Waals surface area (Å²) < 4.78 is 11.6. The Labute approximate surface area is 293 Å². The molecule has 0 unspecified atom stereocenters. The van der Waals surface area contributed by atoms with Gasteiger partial charge in [-0.25, -0.2) is 0 Å². The molecule has 0 saturated carbocycles. The molecule has 11 aromatic rings. The lowest BCUT2D eigenvalue weighted by Crippen LogP contribution is -1.96. The molecule has 0 N–H and O–H groups in total. The molecule has 0 atom stereocenters. The highest BCUT2D eigenvalue weighted by Crippen LogP contribution is 2.45. The highest BCUT2D eigenvalue weighted by Gasteiger charge is 2.24. The molecule has 0 bridgehead atoms. The molecule has 0 aliphatic carbocycles.